The fraction of sp³-hybridized carbons (Fsp3) is 0.461. The van der Waals surface area contributed by atoms with E-state index in [-0.39, 0.29) is 185 Å². The van der Waals surface area contributed by atoms with Gasteiger partial charge >= 0.3 is 0 Å². The van der Waals surface area contributed by atoms with Crippen LogP contribution in [0.15, 0.2) is 122 Å². The predicted octanol–water partition coefficient (Wildman–Crippen LogP) is -2.51. The Morgan fingerprint density at radius 2 is 0.459 bits per heavy atom. The van der Waals surface area contributed by atoms with Crippen LogP contribution in [0.4, 0.5) is 0 Å². The summed E-state index contributed by atoms with van der Waals surface area (Å²) in [7, 11) is 0. The third-order valence-corrected chi connectivity index (χ3v) is 22.5. The second-order valence-corrected chi connectivity index (χ2v) is 32.9. The summed E-state index contributed by atoms with van der Waals surface area (Å²) in [4.78, 5) is 183. The molecule has 4 heterocycles. The molecule has 4 aromatic carbocycles. The molecule has 12 amide bonds. The number of benzene rings is 4. The van der Waals surface area contributed by atoms with Crippen LogP contribution in [0, 0.1) is 21.6 Å². The van der Waals surface area contributed by atoms with E-state index in [1.54, 1.807) is 30.9 Å². The Morgan fingerprint density at radius 3 is 0.714 bits per heavy atom. The third-order valence-electron chi connectivity index (χ3n) is 22.5. The minimum Gasteiger partial charge on any atom is -0.370 e. The molecule has 0 unspecified atom stereocenters. The number of aromatic amines is 4. The van der Waals surface area contributed by atoms with Crippen LogP contribution in [0.1, 0.15) is 138 Å². The van der Waals surface area contributed by atoms with Crippen LogP contribution in [-0.2, 0) is 83.2 Å². The van der Waals surface area contributed by atoms with Gasteiger partial charge in [0.25, 0.3) is 0 Å². The largest absolute Gasteiger partial charge is 0.370 e. The molecule has 0 spiro atoms. The molecule has 720 valence electrons. The van der Waals surface area contributed by atoms with Gasteiger partial charge in [-0.15, -0.1) is 0 Å². The number of H-pyrrole nitrogens is 4. The van der Waals surface area contributed by atoms with E-state index >= 15 is 9.59 Å². The molecule has 8 rings (SSSR count). The van der Waals surface area contributed by atoms with Gasteiger partial charge in [0, 0.05) is 153 Å². The van der Waals surface area contributed by atoms with E-state index in [0.29, 0.717) is 43.4 Å². The number of primary amides is 1. The molecule has 8 aromatic rings. The van der Waals surface area contributed by atoms with Gasteiger partial charge in [0.05, 0.1) is 24.2 Å². The van der Waals surface area contributed by atoms with Gasteiger partial charge in [-0.05, 0) is 156 Å². The molecule has 0 saturated carbocycles. The number of rotatable bonds is 60. The Bertz CT molecular complexity index is 5260. The Hall–Kier alpha value is -14.4. The van der Waals surface area contributed by atoms with Crippen molar-refractivity contribution in [2.24, 2.45) is 51.6 Å². The quantitative estimate of drug-likeness (QED) is 0.0106. The number of nitrogens with two attached hydrogens (primary N) is 9. The van der Waals surface area contributed by atoms with Crippen LogP contribution < -0.4 is 131 Å². The Kier molecular flexibility index (Phi) is 42.4. The lowest BCUT2D eigenvalue weighted by molar-refractivity contribution is -0.134. The number of aromatic nitrogens is 4. The third kappa shape index (κ3) is 35.1. The average Bonchev–Trinajstić information content (AvgIpc) is 1.72. The van der Waals surface area contributed by atoms with E-state index in [1.807, 2.05) is 91.0 Å². The smallest absolute Gasteiger partial charge is 0.243 e. The van der Waals surface area contributed by atoms with Gasteiger partial charge < -0.3 is 151 Å². The van der Waals surface area contributed by atoms with Crippen LogP contribution in [0.2, 0.25) is 0 Å². The van der Waals surface area contributed by atoms with Crippen molar-refractivity contribution in [3.63, 3.8) is 0 Å². The summed E-state index contributed by atoms with van der Waals surface area (Å²) in [5.41, 5.74) is 58.6. The highest BCUT2D eigenvalue weighted by Crippen LogP contribution is 2.25. The minimum absolute atomic E-state index is 0.0127. The molecule has 0 radical (unpaired) electrons. The number of nitrogens with one attached hydrogen (secondary N) is 23. The molecule has 133 heavy (non-hydrogen) atoms. The molecule has 0 aliphatic carbocycles. The van der Waals surface area contributed by atoms with Gasteiger partial charge in [-0.25, -0.2) is 0 Å². The number of guanidine groups is 4. The second-order valence-electron chi connectivity index (χ2n) is 32.9. The number of fused-ring (bicyclic) bond motifs is 4. The molecule has 4 aromatic heterocycles. The molecule has 11 atom stereocenters. The maximum Gasteiger partial charge on any atom is 0.243 e. The van der Waals surface area contributed by atoms with Crippen molar-refractivity contribution in [2.45, 2.75) is 208 Å². The molecule has 41 N–H and O–H groups in total. The monoisotopic (exact) mass is 1840 g/mol. The van der Waals surface area contributed by atoms with Crippen LogP contribution >= 0.6 is 0 Å². The van der Waals surface area contributed by atoms with Crippen molar-refractivity contribution < 1.29 is 57.5 Å². The van der Waals surface area contributed by atoms with Gasteiger partial charge in [0.2, 0.25) is 70.9 Å². The molecule has 0 bridgehead atoms. The lowest BCUT2D eigenvalue weighted by Crippen LogP contribution is -2.58. The second kappa shape index (κ2) is 54.3. The highest BCUT2D eigenvalue weighted by molar-refractivity contribution is 5.98. The van der Waals surface area contributed by atoms with Crippen LogP contribution in [0.25, 0.3) is 43.6 Å². The fourth-order valence-electron chi connectivity index (χ4n) is 15.2. The van der Waals surface area contributed by atoms with Gasteiger partial charge in [-0.1, -0.05) is 72.8 Å². The van der Waals surface area contributed by atoms with Crippen molar-refractivity contribution in [3.8, 4) is 0 Å². The number of amides is 12. The molecule has 44 heteroatoms. The van der Waals surface area contributed by atoms with Gasteiger partial charge in [0.1, 0.15) is 42.3 Å². The van der Waals surface area contributed by atoms with Crippen LogP contribution in [-0.4, -0.2) is 233 Å². The molecule has 0 aliphatic rings. The van der Waals surface area contributed by atoms with E-state index in [0.717, 1.165) is 54.7 Å². The van der Waals surface area contributed by atoms with Crippen molar-refractivity contribution in [1.29, 1.82) is 21.6 Å². The van der Waals surface area contributed by atoms with Crippen molar-refractivity contribution in [2.75, 3.05) is 52.4 Å². The SMILES string of the molecule is N=C(N)NCCC[C@H](N)C(=O)N[C@@H](Cc1c[nH]c2ccccc12)C(=O)NCCCC[C@H](NC(=O)[C@H](Cc1c[nH]c2ccccc12)NC(=O)[C@@H](N)CCCNC(=N)N)C(=O)NCCCC[C@H](NC(=O)[C@H](CCCCNC(=O)[C@H](Cc1c[nH]c2ccccc12)NC(=O)[C@@H](N)CCCNC(=N)N)NC(=O)[C@H](Cc1c[nH]c2ccccc12)NC(=O)[C@@H](N)CCCNC(=N)N)C(=O)NCCC(N)=O. The Morgan fingerprint density at radius 1 is 0.248 bits per heavy atom. The first-order valence-corrected chi connectivity index (χ1v) is 44.9. The number of carbonyl (C=O) groups excluding carboxylic acids is 12. The molecule has 0 fully saturated rings. The van der Waals surface area contributed by atoms with Crippen molar-refractivity contribution >= 4 is 138 Å². The summed E-state index contributed by atoms with van der Waals surface area (Å²) in [5, 5.41) is 75.0. The van der Waals surface area contributed by atoms with Crippen LogP contribution in [0.5, 0.6) is 0 Å². The molecule has 44 nitrogen and oxygen atoms in total. The topological polar surface area (TPSA) is 778 Å². The van der Waals surface area contributed by atoms with E-state index in [4.69, 9.17) is 73.2 Å². The Balaban J connectivity index is 1.02. The summed E-state index contributed by atoms with van der Waals surface area (Å²) in [6.07, 6.45) is 9.30. The highest BCUT2D eigenvalue weighted by Gasteiger charge is 2.35. The average molecular weight is 1840 g/mol. The van der Waals surface area contributed by atoms with E-state index < -0.39 is 137 Å². The molecule has 0 saturated heterocycles. The standard InChI is InChI=1S/C89H132N32O12/c90-59(23-15-38-107-86(95)96)75(123)118-70(43-51-47-111-63-27-5-1-19-55(51)63)81(129)104-36-13-10-31-67(116-84(132)72(45-53-49-113-65-29-7-3-21-57(53)65)120-77(125)61(92)25-17-40-109-88(99)100)79(127)103-35-12-9-32-68(80(128)106-42-34-74(94)122)115-83(131)69(117-85(133)73(46-54-50-114-66-30-8-4-22-58(54)66)121-78(126)62(93)26-18-41-110-89(101)102)33-11-14-37-105-82(130)71(44-52-48-112-64-28-6-2-20-56(52)64)119-76(124)60(91)24-16-39-108-87(97)98/h1-8,19-22,27-30,47-50,59-62,67-73,111-114H,9-18,23-26,31-46,90-93H2,(H2,94,122)(H,103,127)(H,104,129)(H,105,130)(H,106,128)(H,115,131)(H,116,132)(H,117,133)(H,118,123)(H,119,124)(H,120,125)(H,121,126)(H4,95,96,107)(H4,97,98,108)(H4,99,100,109)(H4,101,102,110)/t59-,60-,61-,62-,67-,68-,69-,70-,71-,72-,73-/m0/s1. The maximum absolute atomic E-state index is 15.2. The van der Waals surface area contributed by atoms with Gasteiger partial charge in [-0.2, -0.15) is 0 Å². The van der Waals surface area contributed by atoms with Gasteiger partial charge in [0.15, 0.2) is 23.8 Å². The summed E-state index contributed by atoms with van der Waals surface area (Å²) in [6.45, 7) is 0.728. The fourth-order valence-corrected chi connectivity index (χ4v) is 15.2. The highest BCUT2D eigenvalue weighted by atomic mass is 16.2. The first-order chi connectivity index (χ1) is 63.8. The Labute approximate surface area is 769 Å². The number of hydrogen-bond donors (Lipinski definition) is 32. The van der Waals surface area contributed by atoms with Crippen molar-refractivity contribution in [1.82, 2.24) is 99.7 Å². The zero-order valence-electron chi connectivity index (χ0n) is 74.7. The van der Waals surface area contributed by atoms with E-state index in [2.05, 4.69) is 99.7 Å². The first kappa shape index (κ1) is 104. The lowest BCUT2D eigenvalue weighted by atomic mass is 10.0. The summed E-state index contributed by atoms with van der Waals surface area (Å²) in [6, 6.07) is 16.1. The van der Waals surface area contributed by atoms with Crippen molar-refractivity contribution in [3.05, 3.63) is 144 Å². The summed E-state index contributed by atoms with van der Waals surface area (Å²) < 4.78 is 0. The number of unbranched alkanes of at least 4 members (excludes halogenated alkanes) is 3. The predicted molar refractivity (Wildman–Crippen MR) is 507 cm³/mol. The van der Waals surface area contributed by atoms with E-state index in [1.165, 1.54) is 0 Å². The summed E-state index contributed by atoms with van der Waals surface area (Å²) in [5.74, 6) is -9.33. The maximum atomic E-state index is 15.2. The lowest BCUT2D eigenvalue weighted by Gasteiger charge is -2.26. The summed E-state index contributed by atoms with van der Waals surface area (Å²) >= 11 is 0. The zero-order chi connectivity index (χ0) is 96.3. The van der Waals surface area contributed by atoms with Gasteiger partial charge in [-0.3, -0.25) is 79.2 Å². The molecular weight excluding hydrogens is 1710 g/mol. The molecule has 0 aliphatic heterocycles. The number of carbonyl (C=O) groups is 12. The zero-order valence-corrected chi connectivity index (χ0v) is 74.7. The van der Waals surface area contributed by atoms with E-state index in [9.17, 15) is 47.9 Å². The molecular formula is C89H132N32O12. The first-order valence-electron chi connectivity index (χ1n) is 44.9. The normalized spacial score (nSPS) is 13.7. The number of hydrogen-bond acceptors (Lipinski definition) is 20. The number of para-hydroxylation sites is 4. The minimum atomic E-state index is -1.47. The van der Waals surface area contributed by atoms with Crippen LogP contribution in [0.3, 0.4) is 0 Å².